The van der Waals surface area contributed by atoms with E-state index in [-0.39, 0.29) is 17.9 Å². The van der Waals surface area contributed by atoms with E-state index in [1.165, 1.54) is 0 Å². The third kappa shape index (κ3) is 3.14. The van der Waals surface area contributed by atoms with Crippen molar-refractivity contribution in [2.75, 3.05) is 18.0 Å². The number of rotatable bonds is 4. The summed E-state index contributed by atoms with van der Waals surface area (Å²) in [6, 6.07) is 7.56. The first-order valence-electron chi connectivity index (χ1n) is 8.78. The maximum Gasteiger partial charge on any atom is 0.254 e. The summed E-state index contributed by atoms with van der Waals surface area (Å²) >= 11 is 0. The van der Waals surface area contributed by atoms with Crippen molar-refractivity contribution in [3.05, 3.63) is 42.2 Å². The average molecular weight is 339 g/mol. The van der Waals surface area contributed by atoms with Gasteiger partial charge in [0.1, 0.15) is 0 Å². The second-order valence-corrected chi connectivity index (χ2v) is 6.62. The highest BCUT2D eigenvalue weighted by Gasteiger charge is 2.30. The van der Waals surface area contributed by atoms with Gasteiger partial charge in [0.15, 0.2) is 0 Å². The molecule has 7 heteroatoms. The quantitative estimate of drug-likeness (QED) is 0.850. The number of carbonyl (C=O) groups is 2. The van der Waals surface area contributed by atoms with Crippen LogP contribution in [-0.4, -0.2) is 50.8 Å². The standard InChI is InChI=1S/C18H21N5O2/c24-17-7-3-9-22(17)15-5-1-4-14(12-15)18(25)23-10-2-6-16(23)13-21-11-8-19-20-21/h1,4-5,8,11-12,16H,2-3,6-7,9-10,13H2/t16-/m0/s1. The van der Waals surface area contributed by atoms with E-state index >= 15 is 0 Å². The van der Waals surface area contributed by atoms with Crippen molar-refractivity contribution >= 4 is 17.5 Å². The van der Waals surface area contributed by atoms with Crippen LogP contribution in [0.2, 0.25) is 0 Å². The number of aromatic nitrogens is 3. The lowest BCUT2D eigenvalue weighted by molar-refractivity contribution is -0.117. The van der Waals surface area contributed by atoms with Crippen molar-refractivity contribution in [2.24, 2.45) is 0 Å². The Labute approximate surface area is 146 Å². The fourth-order valence-corrected chi connectivity index (χ4v) is 3.73. The Morgan fingerprint density at radius 1 is 1.24 bits per heavy atom. The van der Waals surface area contributed by atoms with Crippen LogP contribution in [-0.2, 0) is 11.3 Å². The van der Waals surface area contributed by atoms with Crippen LogP contribution in [0.1, 0.15) is 36.0 Å². The highest BCUT2D eigenvalue weighted by atomic mass is 16.2. The minimum absolute atomic E-state index is 0.0242. The van der Waals surface area contributed by atoms with Crippen molar-refractivity contribution < 1.29 is 9.59 Å². The number of benzene rings is 1. The van der Waals surface area contributed by atoms with Crippen LogP contribution < -0.4 is 4.90 Å². The lowest BCUT2D eigenvalue weighted by Crippen LogP contribution is -2.38. The summed E-state index contributed by atoms with van der Waals surface area (Å²) in [5.74, 6) is 0.158. The van der Waals surface area contributed by atoms with Gasteiger partial charge < -0.3 is 9.80 Å². The lowest BCUT2D eigenvalue weighted by Gasteiger charge is -2.25. The first-order chi connectivity index (χ1) is 12.2. The summed E-state index contributed by atoms with van der Waals surface area (Å²) in [7, 11) is 0. The fraction of sp³-hybridized carbons (Fsp3) is 0.444. The van der Waals surface area contributed by atoms with Crippen LogP contribution in [0.4, 0.5) is 5.69 Å². The molecule has 0 spiro atoms. The number of nitrogens with zero attached hydrogens (tertiary/aromatic N) is 5. The molecule has 2 fully saturated rings. The Morgan fingerprint density at radius 3 is 2.92 bits per heavy atom. The minimum atomic E-state index is 0.0242. The van der Waals surface area contributed by atoms with Gasteiger partial charge in [0.2, 0.25) is 5.91 Å². The molecule has 0 bridgehead atoms. The number of amides is 2. The summed E-state index contributed by atoms with van der Waals surface area (Å²) in [6.07, 6.45) is 6.90. The van der Waals surface area contributed by atoms with Gasteiger partial charge in [0.25, 0.3) is 5.91 Å². The lowest BCUT2D eigenvalue weighted by atomic mass is 10.1. The molecule has 2 aliphatic heterocycles. The van der Waals surface area contributed by atoms with Gasteiger partial charge in [0, 0.05) is 37.0 Å². The van der Waals surface area contributed by atoms with Gasteiger partial charge in [-0.25, -0.2) is 0 Å². The Balaban J connectivity index is 1.52. The maximum absolute atomic E-state index is 13.0. The van der Waals surface area contributed by atoms with Crippen LogP contribution in [0.15, 0.2) is 36.7 Å². The zero-order valence-corrected chi connectivity index (χ0v) is 14.0. The third-order valence-corrected chi connectivity index (χ3v) is 4.99. The average Bonchev–Trinajstić information content (AvgIpc) is 3.37. The SMILES string of the molecule is O=C1CCCN1c1cccc(C(=O)N2CCC[C@H]2Cn2ccnn2)c1. The molecule has 0 radical (unpaired) electrons. The molecule has 2 saturated heterocycles. The molecule has 25 heavy (non-hydrogen) atoms. The largest absolute Gasteiger partial charge is 0.334 e. The van der Waals surface area contributed by atoms with Gasteiger partial charge in [-0.1, -0.05) is 11.3 Å². The summed E-state index contributed by atoms with van der Waals surface area (Å²) < 4.78 is 1.77. The van der Waals surface area contributed by atoms with Gasteiger partial charge in [0.05, 0.1) is 18.8 Å². The number of anilines is 1. The summed E-state index contributed by atoms with van der Waals surface area (Å²) in [6.45, 7) is 2.15. The van der Waals surface area contributed by atoms with Crippen LogP contribution in [0.25, 0.3) is 0 Å². The molecule has 4 rings (SSSR count). The Kier molecular flexibility index (Phi) is 4.21. The summed E-state index contributed by atoms with van der Waals surface area (Å²) in [4.78, 5) is 28.7. The normalized spacial score (nSPS) is 20.5. The monoisotopic (exact) mass is 339 g/mol. The van der Waals surface area contributed by atoms with Gasteiger partial charge in [-0.15, -0.1) is 5.10 Å². The Bertz CT molecular complexity index is 774. The molecule has 0 saturated carbocycles. The zero-order valence-electron chi connectivity index (χ0n) is 14.0. The topological polar surface area (TPSA) is 71.3 Å². The fourth-order valence-electron chi connectivity index (χ4n) is 3.73. The predicted octanol–water partition coefficient (Wildman–Crippen LogP) is 1.71. The van der Waals surface area contributed by atoms with Crippen molar-refractivity contribution in [3.63, 3.8) is 0 Å². The molecule has 0 N–H and O–H groups in total. The molecule has 0 unspecified atom stereocenters. The van der Waals surface area contributed by atoms with Crippen LogP contribution in [0, 0.1) is 0 Å². The molecule has 3 heterocycles. The van der Waals surface area contributed by atoms with Gasteiger partial charge >= 0.3 is 0 Å². The Morgan fingerprint density at radius 2 is 2.16 bits per heavy atom. The number of hydrogen-bond donors (Lipinski definition) is 0. The minimum Gasteiger partial charge on any atom is -0.334 e. The molecular weight excluding hydrogens is 318 g/mol. The highest BCUT2D eigenvalue weighted by Crippen LogP contribution is 2.25. The molecule has 2 aromatic rings. The van der Waals surface area contributed by atoms with Crippen molar-refractivity contribution in [3.8, 4) is 0 Å². The predicted molar refractivity (Wildman–Crippen MR) is 92.1 cm³/mol. The molecule has 2 aliphatic rings. The number of likely N-dealkylation sites (tertiary alicyclic amines) is 1. The molecule has 1 aromatic carbocycles. The van der Waals surface area contributed by atoms with E-state index in [1.54, 1.807) is 15.8 Å². The molecule has 1 aromatic heterocycles. The van der Waals surface area contributed by atoms with Crippen LogP contribution >= 0.6 is 0 Å². The molecular formula is C18H21N5O2. The number of hydrogen-bond acceptors (Lipinski definition) is 4. The first kappa shape index (κ1) is 15.8. The second kappa shape index (κ2) is 6.66. The van der Waals surface area contributed by atoms with Crippen LogP contribution in [0.5, 0.6) is 0 Å². The summed E-state index contributed by atoms with van der Waals surface area (Å²) in [5, 5.41) is 7.83. The molecule has 130 valence electrons. The molecule has 7 nitrogen and oxygen atoms in total. The molecule has 1 atom stereocenters. The van der Waals surface area contributed by atoms with Crippen LogP contribution in [0.3, 0.4) is 0 Å². The smallest absolute Gasteiger partial charge is 0.254 e. The molecule has 0 aliphatic carbocycles. The van der Waals surface area contributed by atoms with Crippen molar-refractivity contribution in [1.82, 2.24) is 19.9 Å². The van der Waals surface area contributed by atoms with E-state index in [4.69, 9.17) is 0 Å². The third-order valence-electron chi connectivity index (χ3n) is 4.99. The van der Waals surface area contributed by atoms with E-state index < -0.39 is 0 Å². The first-order valence-corrected chi connectivity index (χ1v) is 8.78. The molecule has 2 amide bonds. The van der Waals surface area contributed by atoms with Gasteiger partial charge in [-0.05, 0) is 37.5 Å². The highest BCUT2D eigenvalue weighted by molar-refractivity contribution is 5.99. The number of carbonyl (C=O) groups excluding carboxylic acids is 2. The van der Waals surface area contributed by atoms with E-state index in [0.29, 0.717) is 18.5 Å². The van der Waals surface area contributed by atoms with E-state index in [2.05, 4.69) is 10.3 Å². The zero-order chi connectivity index (χ0) is 17.2. The second-order valence-electron chi connectivity index (χ2n) is 6.62. The van der Waals surface area contributed by atoms with E-state index in [9.17, 15) is 9.59 Å². The maximum atomic E-state index is 13.0. The van der Waals surface area contributed by atoms with Gasteiger partial charge in [-0.2, -0.15) is 0 Å². The van der Waals surface area contributed by atoms with E-state index in [1.807, 2.05) is 35.4 Å². The van der Waals surface area contributed by atoms with Crippen molar-refractivity contribution in [1.29, 1.82) is 0 Å². The van der Waals surface area contributed by atoms with Gasteiger partial charge in [-0.3, -0.25) is 14.3 Å². The van der Waals surface area contributed by atoms with E-state index in [0.717, 1.165) is 38.0 Å². The van der Waals surface area contributed by atoms with Crippen molar-refractivity contribution in [2.45, 2.75) is 38.3 Å². The summed E-state index contributed by atoms with van der Waals surface area (Å²) in [5.41, 5.74) is 1.46. The Hall–Kier alpha value is -2.70.